The van der Waals surface area contributed by atoms with E-state index in [1.54, 1.807) is 6.20 Å². The molecule has 0 amide bonds. The molecular weight excluding hydrogens is 300 g/mol. The predicted octanol–water partition coefficient (Wildman–Crippen LogP) is -0.253. The summed E-state index contributed by atoms with van der Waals surface area (Å²) >= 11 is 0. The highest BCUT2D eigenvalue weighted by Gasteiger charge is 2.20. The van der Waals surface area contributed by atoms with E-state index in [9.17, 15) is 18.5 Å². The number of non-ortho nitro benzene ring substituents is 1. The Morgan fingerprint density at radius 3 is 2.81 bits per heavy atom. The number of nitrogens with two attached hydrogens (primary N) is 1. The maximum atomic E-state index is 12.1. The highest BCUT2D eigenvalue weighted by molar-refractivity contribution is 7.89. The molecule has 11 heteroatoms. The number of nitrogens with one attached hydrogen (secondary N) is 1. The Morgan fingerprint density at radius 1 is 1.43 bits per heavy atom. The van der Waals surface area contributed by atoms with E-state index >= 15 is 0 Å². The smallest absolute Gasteiger partial charge is 0.270 e. The first kappa shape index (κ1) is 14.9. The Bertz CT molecular complexity index is 743. The Balaban J connectivity index is 2.15. The Kier molecular flexibility index (Phi) is 4.14. The molecule has 0 saturated carbocycles. The third-order valence-electron chi connectivity index (χ3n) is 2.60. The highest BCUT2D eigenvalue weighted by atomic mass is 32.2. The zero-order chi connectivity index (χ0) is 15.5. The number of hydrogen-bond acceptors (Lipinski definition) is 7. The van der Waals surface area contributed by atoms with Crippen LogP contribution >= 0.6 is 0 Å². The fourth-order valence-corrected chi connectivity index (χ4v) is 2.76. The number of benzene rings is 1. The SMILES string of the molecule is Nc1ccc([N+](=O)[O-])cc1S(=O)(=O)NCCn1ccnn1. The number of rotatable bonds is 6. The largest absolute Gasteiger partial charge is 0.398 e. The van der Waals surface area contributed by atoms with Gasteiger partial charge in [0.25, 0.3) is 5.69 Å². The van der Waals surface area contributed by atoms with Crippen LogP contribution in [0, 0.1) is 10.1 Å². The van der Waals surface area contributed by atoms with Gasteiger partial charge in [-0.2, -0.15) is 0 Å². The molecule has 112 valence electrons. The van der Waals surface area contributed by atoms with Gasteiger partial charge in [-0.1, -0.05) is 5.21 Å². The average molecular weight is 312 g/mol. The van der Waals surface area contributed by atoms with Crippen molar-refractivity contribution in [3.63, 3.8) is 0 Å². The lowest BCUT2D eigenvalue weighted by Gasteiger charge is -2.08. The quantitative estimate of drug-likeness (QED) is 0.424. The van der Waals surface area contributed by atoms with Crippen molar-refractivity contribution in [2.45, 2.75) is 11.4 Å². The van der Waals surface area contributed by atoms with Crippen LogP contribution < -0.4 is 10.5 Å². The number of nitro benzene ring substituents is 1. The molecule has 0 bridgehead atoms. The number of aromatic nitrogens is 3. The van der Waals surface area contributed by atoms with Gasteiger partial charge in [0, 0.05) is 24.9 Å². The molecule has 0 unspecified atom stereocenters. The van der Waals surface area contributed by atoms with Gasteiger partial charge in [-0.15, -0.1) is 5.10 Å². The van der Waals surface area contributed by atoms with Crippen molar-refractivity contribution in [3.8, 4) is 0 Å². The molecule has 1 heterocycles. The molecule has 0 aliphatic heterocycles. The van der Waals surface area contributed by atoms with Crippen molar-refractivity contribution < 1.29 is 13.3 Å². The lowest BCUT2D eigenvalue weighted by Crippen LogP contribution is -2.28. The van der Waals surface area contributed by atoms with Crippen molar-refractivity contribution >= 4 is 21.4 Å². The summed E-state index contributed by atoms with van der Waals surface area (Å²) in [6, 6.07) is 3.25. The zero-order valence-electron chi connectivity index (χ0n) is 10.7. The van der Waals surface area contributed by atoms with Gasteiger partial charge in [0.05, 0.1) is 23.4 Å². The Morgan fingerprint density at radius 2 is 2.19 bits per heavy atom. The normalized spacial score (nSPS) is 11.4. The second-order valence-corrected chi connectivity index (χ2v) is 5.78. The molecule has 3 N–H and O–H groups in total. The Hall–Kier alpha value is -2.53. The van der Waals surface area contributed by atoms with Gasteiger partial charge in [-0.25, -0.2) is 13.1 Å². The topological polar surface area (TPSA) is 146 Å². The molecule has 21 heavy (non-hydrogen) atoms. The van der Waals surface area contributed by atoms with Crippen LogP contribution in [-0.4, -0.2) is 34.9 Å². The monoisotopic (exact) mass is 312 g/mol. The lowest BCUT2D eigenvalue weighted by atomic mass is 10.3. The van der Waals surface area contributed by atoms with Crippen LogP contribution in [0.15, 0.2) is 35.5 Å². The molecule has 0 radical (unpaired) electrons. The second kappa shape index (κ2) is 5.85. The van der Waals surface area contributed by atoms with Gasteiger partial charge < -0.3 is 5.73 Å². The van der Waals surface area contributed by atoms with E-state index in [1.165, 1.54) is 16.9 Å². The van der Waals surface area contributed by atoms with E-state index in [1.807, 2.05) is 0 Å². The van der Waals surface area contributed by atoms with Crippen LogP contribution in [0.1, 0.15) is 0 Å². The third-order valence-corrected chi connectivity index (χ3v) is 4.12. The Labute approximate surface area is 119 Å². The summed E-state index contributed by atoms with van der Waals surface area (Å²) in [7, 11) is -3.94. The van der Waals surface area contributed by atoms with E-state index in [4.69, 9.17) is 5.73 Å². The molecule has 10 nitrogen and oxygen atoms in total. The fraction of sp³-hybridized carbons (Fsp3) is 0.200. The second-order valence-electron chi connectivity index (χ2n) is 4.04. The lowest BCUT2D eigenvalue weighted by molar-refractivity contribution is -0.385. The van der Waals surface area contributed by atoms with Gasteiger partial charge in [0.1, 0.15) is 4.90 Å². The maximum absolute atomic E-state index is 12.1. The molecule has 2 rings (SSSR count). The molecule has 1 aromatic carbocycles. The van der Waals surface area contributed by atoms with Crippen LogP contribution in [0.2, 0.25) is 0 Å². The van der Waals surface area contributed by atoms with E-state index in [2.05, 4.69) is 15.0 Å². The van der Waals surface area contributed by atoms with E-state index in [0.717, 1.165) is 12.1 Å². The van der Waals surface area contributed by atoms with Crippen molar-refractivity contribution in [3.05, 3.63) is 40.7 Å². The molecule has 0 fully saturated rings. The van der Waals surface area contributed by atoms with Crippen molar-refractivity contribution in [1.29, 1.82) is 0 Å². The number of sulfonamides is 1. The summed E-state index contributed by atoms with van der Waals surface area (Å²) in [5.74, 6) is 0. The molecule has 0 saturated heterocycles. The van der Waals surface area contributed by atoms with E-state index in [-0.39, 0.29) is 29.4 Å². The summed E-state index contributed by atoms with van der Waals surface area (Å²) in [5.41, 5.74) is 5.17. The molecule has 0 aliphatic rings. The predicted molar refractivity (Wildman–Crippen MR) is 72.7 cm³/mol. The minimum absolute atomic E-state index is 0.0494. The van der Waals surface area contributed by atoms with Crippen LogP contribution in [0.25, 0.3) is 0 Å². The van der Waals surface area contributed by atoms with Crippen LogP contribution in [-0.2, 0) is 16.6 Å². The van der Waals surface area contributed by atoms with Crippen LogP contribution in [0.4, 0.5) is 11.4 Å². The highest BCUT2D eigenvalue weighted by Crippen LogP contribution is 2.23. The molecule has 0 atom stereocenters. The molecule has 0 spiro atoms. The van der Waals surface area contributed by atoms with Crippen molar-refractivity contribution in [2.75, 3.05) is 12.3 Å². The van der Waals surface area contributed by atoms with Crippen LogP contribution in [0.3, 0.4) is 0 Å². The van der Waals surface area contributed by atoms with E-state index < -0.39 is 14.9 Å². The van der Waals surface area contributed by atoms with E-state index in [0.29, 0.717) is 0 Å². The summed E-state index contributed by atoms with van der Waals surface area (Å²) in [4.78, 5) is 9.68. The summed E-state index contributed by atoms with van der Waals surface area (Å²) in [6.45, 7) is 0.321. The average Bonchev–Trinajstić information content (AvgIpc) is 2.91. The maximum Gasteiger partial charge on any atom is 0.270 e. The van der Waals surface area contributed by atoms with Gasteiger partial charge in [-0.3, -0.25) is 14.8 Å². The number of anilines is 1. The summed E-state index contributed by atoms with van der Waals surface area (Å²) < 4.78 is 27.9. The van der Waals surface area contributed by atoms with Crippen LogP contribution in [0.5, 0.6) is 0 Å². The van der Waals surface area contributed by atoms with Crippen molar-refractivity contribution in [2.24, 2.45) is 0 Å². The molecule has 2 aromatic rings. The molecule has 1 aromatic heterocycles. The third kappa shape index (κ3) is 3.52. The summed E-state index contributed by atoms with van der Waals surface area (Å²) in [5, 5.41) is 18.0. The molecule has 0 aliphatic carbocycles. The first-order chi connectivity index (χ1) is 9.90. The number of nitrogen functional groups attached to an aromatic ring is 1. The zero-order valence-corrected chi connectivity index (χ0v) is 11.5. The number of nitrogens with zero attached hydrogens (tertiary/aromatic N) is 4. The van der Waals surface area contributed by atoms with Gasteiger partial charge >= 0.3 is 0 Å². The standard InChI is InChI=1S/C10H12N6O4S/c11-9-2-1-8(16(17)18)7-10(9)21(19,20)13-4-6-15-5-3-12-14-15/h1-3,5,7,13H,4,6,11H2. The molecular formula is C10H12N6O4S. The van der Waals surface area contributed by atoms with Gasteiger partial charge in [0.2, 0.25) is 10.0 Å². The first-order valence-electron chi connectivity index (χ1n) is 5.78. The first-order valence-corrected chi connectivity index (χ1v) is 7.26. The van der Waals surface area contributed by atoms with Gasteiger partial charge in [0.15, 0.2) is 0 Å². The van der Waals surface area contributed by atoms with Crippen molar-refractivity contribution in [1.82, 2.24) is 19.7 Å². The minimum atomic E-state index is -3.94. The summed E-state index contributed by atoms with van der Waals surface area (Å²) in [6.07, 6.45) is 3.04. The minimum Gasteiger partial charge on any atom is -0.398 e. The van der Waals surface area contributed by atoms with Gasteiger partial charge in [-0.05, 0) is 6.07 Å². The fourth-order valence-electron chi connectivity index (χ4n) is 1.59. The number of hydrogen-bond donors (Lipinski definition) is 2. The number of nitro groups is 1.